The molecule has 0 aliphatic carbocycles. The minimum absolute atomic E-state index is 0.0937. The van der Waals surface area contributed by atoms with Crippen LogP contribution in [0.3, 0.4) is 0 Å². The van der Waals surface area contributed by atoms with E-state index in [4.69, 9.17) is 11.6 Å². The molecule has 0 saturated heterocycles. The van der Waals surface area contributed by atoms with Crippen molar-refractivity contribution in [2.45, 2.75) is 13.0 Å². The van der Waals surface area contributed by atoms with Crippen LogP contribution in [0.4, 0.5) is 5.69 Å². The highest BCUT2D eigenvalue weighted by Crippen LogP contribution is 2.26. The topological polar surface area (TPSA) is 41.1 Å². The summed E-state index contributed by atoms with van der Waals surface area (Å²) in [5.74, 6) is -0.0937. The number of amides is 1. The Morgan fingerprint density at radius 3 is 3.00 bits per heavy atom. The van der Waals surface area contributed by atoms with E-state index in [9.17, 15) is 4.79 Å². The van der Waals surface area contributed by atoms with Crippen LogP contribution >= 0.6 is 22.9 Å². The first-order valence-electron chi connectivity index (χ1n) is 6.12. The monoisotopic (exact) mass is 292 g/mol. The Bertz CT molecular complexity index is 624. The molecule has 1 aromatic carbocycles. The van der Waals surface area contributed by atoms with Crippen molar-refractivity contribution in [3.05, 3.63) is 50.7 Å². The molecule has 5 heteroatoms. The number of hydrogen-bond donors (Lipinski definition) is 2. The lowest BCUT2D eigenvalue weighted by molar-refractivity contribution is 0.103. The van der Waals surface area contributed by atoms with Crippen molar-refractivity contribution in [2.24, 2.45) is 0 Å². The number of carbonyl (C=O) groups excluding carboxylic acids is 1. The fourth-order valence-electron chi connectivity index (χ4n) is 2.27. The highest BCUT2D eigenvalue weighted by Gasteiger charge is 2.15. The number of thiophene rings is 1. The molecular formula is C14H13ClN2OS. The SMILES string of the molecule is O=C(Nc1cccc2c1CCNC2)c1ccc(Cl)s1. The van der Waals surface area contributed by atoms with E-state index in [2.05, 4.69) is 16.7 Å². The predicted molar refractivity (Wildman–Crippen MR) is 79.1 cm³/mol. The van der Waals surface area contributed by atoms with Crippen molar-refractivity contribution < 1.29 is 4.79 Å². The van der Waals surface area contributed by atoms with Crippen LogP contribution in [0, 0.1) is 0 Å². The zero-order valence-electron chi connectivity index (χ0n) is 10.2. The number of fused-ring (bicyclic) bond motifs is 1. The van der Waals surface area contributed by atoms with Gasteiger partial charge in [0.2, 0.25) is 0 Å². The standard InChI is InChI=1S/C14H13ClN2OS/c15-13-5-4-12(19-13)14(18)17-11-3-1-2-9-8-16-7-6-10(9)11/h1-5,16H,6-8H2,(H,17,18). The number of rotatable bonds is 2. The van der Waals surface area contributed by atoms with Crippen molar-refractivity contribution >= 4 is 34.5 Å². The molecule has 3 nitrogen and oxygen atoms in total. The third-order valence-electron chi connectivity index (χ3n) is 3.19. The molecule has 2 N–H and O–H groups in total. The van der Waals surface area contributed by atoms with Crippen LogP contribution in [0.5, 0.6) is 0 Å². The van der Waals surface area contributed by atoms with E-state index >= 15 is 0 Å². The third-order valence-corrected chi connectivity index (χ3v) is 4.42. The molecule has 0 unspecified atom stereocenters. The second kappa shape index (κ2) is 5.33. The summed E-state index contributed by atoms with van der Waals surface area (Å²) in [6.45, 7) is 1.81. The van der Waals surface area contributed by atoms with Gasteiger partial charge in [-0.3, -0.25) is 4.79 Å². The minimum atomic E-state index is -0.0937. The van der Waals surface area contributed by atoms with Gasteiger partial charge in [-0.15, -0.1) is 11.3 Å². The molecule has 1 aliphatic rings. The van der Waals surface area contributed by atoms with E-state index in [1.54, 1.807) is 12.1 Å². The van der Waals surface area contributed by atoms with Gasteiger partial charge in [-0.05, 0) is 42.3 Å². The van der Waals surface area contributed by atoms with Crippen molar-refractivity contribution in [1.82, 2.24) is 5.32 Å². The van der Waals surface area contributed by atoms with Crippen molar-refractivity contribution in [1.29, 1.82) is 0 Å². The molecule has 1 amide bonds. The smallest absolute Gasteiger partial charge is 0.265 e. The number of carbonyl (C=O) groups is 1. The molecule has 0 atom stereocenters. The van der Waals surface area contributed by atoms with Gasteiger partial charge in [0.25, 0.3) is 5.91 Å². The lowest BCUT2D eigenvalue weighted by atomic mass is 9.99. The van der Waals surface area contributed by atoms with E-state index in [0.29, 0.717) is 9.21 Å². The molecule has 2 aromatic rings. The van der Waals surface area contributed by atoms with E-state index in [0.717, 1.165) is 25.2 Å². The van der Waals surface area contributed by atoms with E-state index in [1.807, 2.05) is 12.1 Å². The molecule has 0 fully saturated rings. The van der Waals surface area contributed by atoms with Gasteiger partial charge >= 0.3 is 0 Å². The molecule has 98 valence electrons. The largest absolute Gasteiger partial charge is 0.321 e. The van der Waals surface area contributed by atoms with Crippen LogP contribution in [0.1, 0.15) is 20.8 Å². The molecule has 1 aromatic heterocycles. The Morgan fingerprint density at radius 2 is 2.21 bits per heavy atom. The summed E-state index contributed by atoms with van der Waals surface area (Å²) >= 11 is 7.15. The van der Waals surface area contributed by atoms with Gasteiger partial charge in [-0.2, -0.15) is 0 Å². The van der Waals surface area contributed by atoms with Gasteiger partial charge in [0.05, 0.1) is 9.21 Å². The fraction of sp³-hybridized carbons (Fsp3) is 0.214. The average molecular weight is 293 g/mol. The van der Waals surface area contributed by atoms with Gasteiger partial charge in [0.15, 0.2) is 0 Å². The maximum Gasteiger partial charge on any atom is 0.265 e. The van der Waals surface area contributed by atoms with Gasteiger partial charge in [0, 0.05) is 12.2 Å². The van der Waals surface area contributed by atoms with Crippen LogP contribution in [0.2, 0.25) is 4.34 Å². The van der Waals surface area contributed by atoms with E-state index in [-0.39, 0.29) is 5.91 Å². The third kappa shape index (κ3) is 2.66. The van der Waals surface area contributed by atoms with Crippen LogP contribution in [0.25, 0.3) is 0 Å². The second-order valence-electron chi connectivity index (χ2n) is 4.43. The molecular weight excluding hydrogens is 280 g/mol. The lowest BCUT2D eigenvalue weighted by Crippen LogP contribution is -2.25. The van der Waals surface area contributed by atoms with Gasteiger partial charge < -0.3 is 10.6 Å². The summed E-state index contributed by atoms with van der Waals surface area (Å²) in [5, 5.41) is 6.31. The summed E-state index contributed by atoms with van der Waals surface area (Å²) in [4.78, 5) is 12.8. The Morgan fingerprint density at radius 1 is 1.32 bits per heavy atom. The summed E-state index contributed by atoms with van der Waals surface area (Å²) in [6.07, 6.45) is 0.941. The van der Waals surface area contributed by atoms with Gasteiger partial charge in [-0.25, -0.2) is 0 Å². The highest BCUT2D eigenvalue weighted by molar-refractivity contribution is 7.18. The summed E-state index contributed by atoms with van der Waals surface area (Å²) < 4.78 is 0.629. The predicted octanol–water partition coefficient (Wildman–Crippen LogP) is 3.30. The Balaban J connectivity index is 1.85. The fourth-order valence-corrected chi connectivity index (χ4v) is 3.21. The molecule has 0 bridgehead atoms. The second-order valence-corrected chi connectivity index (χ2v) is 6.14. The molecule has 0 radical (unpaired) electrons. The van der Waals surface area contributed by atoms with Gasteiger partial charge in [-0.1, -0.05) is 23.7 Å². The zero-order valence-corrected chi connectivity index (χ0v) is 11.8. The molecule has 1 aliphatic heterocycles. The molecule has 3 rings (SSSR count). The molecule has 2 heterocycles. The number of anilines is 1. The number of halogens is 1. The maximum absolute atomic E-state index is 12.1. The van der Waals surface area contributed by atoms with Gasteiger partial charge in [0.1, 0.15) is 0 Å². The van der Waals surface area contributed by atoms with Crippen LogP contribution < -0.4 is 10.6 Å². The Kier molecular flexibility index (Phi) is 3.55. The minimum Gasteiger partial charge on any atom is -0.321 e. The van der Waals surface area contributed by atoms with Crippen molar-refractivity contribution in [2.75, 3.05) is 11.9 Å². The molecule has 0 spiro atoms. The van der Waals surface area contributed by atoms with E-state index in [1.165, 1.54) is 22.5 Å². The zero-order chi connectivity index (χ0) is 13.2. The van der Waals surface area contributed by atoms with E-state index < -0.39 is 0 Å². The normalized spacial score (nSPS) is 13.9. The number of nitrogens with one attached hydrogen (secondary N) is 2. The Labute approximate surface area is 120 Å². The summed E-state index contributed by atoms with van der Waals surface area (Å²) in [7, 11) is 0. The first-order chi connectivity index (χ1) is 9.24. The van der Waals surface area contributed by atoms with Crippen molar-refractivity contribution in [3.8, 4) is 0 Å². The average Bonchev–Trinajstić information content (AvgIpc) is 2.86. The van der Waals surface area contributed by atoms with Crippen LogP contribution in [-0.4, -0.2) is 12.5 Å². The van der Waals surface area contributed by atoms with Crippen LogP contribution in [0.15, 0.2) is 30.3 Å². The maximum atomic E-state index is 12.1. The number of hydrogen-bond acceptors (Lipinski definition) is 3. The number of benzene rings is 1. The van der Waals surface area contributed by atoms with Crippen LogP contribution in [-0.2, 0) is 13.0 Å². The van der Waals surface area contributed by atoms with Crippen molar-refractivity contribution in [3.63, 3.8) is 0 Å². The molecule has 19 heavy (non-hydrogen) atoms. The molecule has 0 saturated carbocycles. The highest BCUT2D eigenvalue weighted by atomic mass is 35.5. The first kappa shape index (κ1) is 12.7. The Hall–Kier alpha value is -1.36. The summed E-state index contributed by atoms with van der Waals surface area (Å²) in [5.41, 5.74) is 3.40. The quantitative estimate of drug-likeness (QED) is 0.892. The lowest BCUT2D eigenvalue weighted by Gasteiger charge is -2.20. The summed E-state index contributed by atoms with van der Waals surface area (Å²) in [6, 6.07) is 9.52. The first-order valence-corrected chi connectivity index (χ1v) is 7.31.